The Kier molecular flexibility index (Phi) is 13.6. The first kappa shape index (κ1) is 24.6. The topological polar surface area (TPSA) is 82.6 Å². The highest BCUT2D eigenvalue weighted by molar-refractivity contribution is 14.0. The molecule has 6 nitrogen and oxygen atoms in total. The van der Waals surface area contributed by atoms with Crippen LogP contribution in [0.15, 0.2) is 26.7 Å². The lowest BCUT2D eigenvalue weighted by atomic mass is 10.1. The van der Waals surface area contributed by atoms with Gasteiger partial charge < -0.3 is 10.6 Å². The average Bonchev–Trinajstić information content (AvgIpc) is 3.10. The molecule has 1 unspecified atom stereocenters. The van der Waals surface area contributed by atoms with Gasteiger partial charge in [0.2, 0.25) is 10.0 Å². The fraction of sp³-hybridized carbons (Fsp3) is 0.688. The number of aliphatic imine (C=N–C) groups is 1. The number of thiophene rings is 1. The third-order valence-corrected chi connectivity index (χ3v) is 6.43. The SMILES string of the molecule is CCCCCCC(C)NC(=NC)NCCNS(=O)(=O)c1cccs1.I. The zero-order valence-corrected chi connectivity index (χ0v) is 19.2. The van der Waals surface area contributed by atoms with E-state index < -0.39 is 10.0 Å². The Morgan fingerprint density at radius 1 is 1.28 bits per heavy atom. The van der Waals surface area contributed by atoms with Crippen LogP contribution in [0.1, 0.15) is 46.0 Å². The summed E-state index contributed by atoms with van der Waals surface area (Å²) in [5, 5.41) is 8.22. The fourth-order valence-electron chi connectivity index (χ4n) is 2.23. The summed E-state index contributed by atoms with van der Waals surface area (Å²) >= 11 is 1.21. The number of sulfonamides is 1. The molecule has 146 valence electrons. The third kappa shape index (κ3) is 10.4. The van der Waals surface area contributed by atoms with Gasteiger partial charge in [0.05, 0.1) is 0 Å². The van der Waals surface area contributed by atoms with Gasteiger partial charge in [-0.2, -0.15) is 0 Å². The molecule has 0 saturated heterocycles. The number of hydrogen-bond donors (Lipinski definition) is 3. The van der Waals surface area contributed by atoms with E-state index in [0.717, 1.165) is 6.42 Å². The maximum Gasteiger partial charge on any atom is 0.250 e. The van der Waals surface area contributed by atoms with E-state index in [2.05, 4.69) is 34.2 Å². The zero-order valence-electron chi connectivity index (χ0n) is 15.2. The predicted octanol–water partition coefficient (Wildman–Crippen LogP) is 3.17. The van der Waals surface area contributed by atoms with Crippen molar-refractivity contribution in [2.75, 3.05) is 20.1 Å². The van der Waals surface area contributed by atoms with Crippen LogP contribution in [0.2, 0.25) is 0 Å². The van der Waals surface area contributed by atoms with Crippen LogP contribution in [0.25, 0.3) is 0 Å². The normalized spacial score (nSPS) is 13.2. The van der Waals surface area contributed by atoms with E-state index in [1.165, 1.54) is 37.0 Å². The van der Waals surface area contributed by atoms with Crippen molar-refractivity contribution in [1.82, 2.24) is 15.4 Å². The standard InChI is InChI=1S/C16H30N4O2S2.HI/c1-4-5-6-7-9-14(2)20-16(17-3)18-11-12-19-24(21,22)15-10-8-13-23-15;/h8,10,13-14,19H,4-7,9,11-12H2,1-3H3,(H2,17,18,20);1H. The van der Waals surface area contributed by atoms with Gasteiger partial charge in [-0.15, -0.1) is 35.3 Å². The van der Waals surface area contributed by atoms with E-state index in [1.54, 1.807) is 24.6 Å². The van der Waals surface area contributed by atoms with Crippen LogP contribution < -0.4 is 15.4 Å². The van der Waals surface area contributed by atoms with Gasteiger partial charge in [0, 0.05) is 26.2 Å². The Balaban J connectivity index is 0.00000576. The summed E-state index contributed by atoms with van der Waals surface area (Å²) in [7, 11) is -1.68. The second-order valence-electron chi connectivity index (χ2n) is 5.72. The molecule has 0 aromatic carbocycles. The van der Waals surface area contributed by atoms with Gasteiger partial charge in [-0.05, 0) is 24.8 Å². The monoisotopic (exact) mass is 502 g/mol. The van der Waals surface area contributed by atoms with Crippen LogP contribution in [0, 0.1) is 0 Å². The highest BCUT2D eigenvalue weighted by Gasteiger charge is 2.14. The number of guanidine groups is 1. The molecule has 0 bridgehead atoms. The third-order valence-electron chi connectivity index (χ3n) is 3.57. The highest BCUT2D eigenvalue weighted by atomic mass is 127. The van der Waals surface area contributed by atoms with Gasteiger partial charge >= 0.3 is 0 Å². The molecule has 0 aliphatic heterocycles. The zero-order chi connectivity index (χ0) is 17.8. The number of nitrogens with one attached hydrogen (secondary N) is 3. The predicted molar refractivity (Wildman–Crippen MR) is 118 cm³/mol. The molecule has 0 aliphatic rings. The second kappa shape index (κ2) is 13.8. The largest absolute Gasteiger partial charge is 0.355 e. The number of unbranched alkanes of at least 4 members (excludes halogenated alkanes) is 3. The van der Waals surface area contributed by atoms with E-state index in [0.29, 0.717) is 29.3 Å². The Bertz CT molecular complexity index is 577. The molecule has 1 heterocycles. The molecule has 0 aliphatic carbocycles. The van der Waals surface area contributed by atoms with Gasteiger partial charge in [0.25, 0.3) is 0 Å². The first-order chi connectivity index (χ1) is 11.5. The number of nitrogens with zero attached hydrogens (tertiary/aromatic N) is 1. The van der Waals surface area contributed by atoms with E-state index >= 15 is 0 Å². The van der Waals surface area contributed by atoms with Gasteiger partial charge in [-0.3, -0.25) is 4.99 Å². The molecule has 1 rings (SSSR count). The van der Waals surface area contributed by atoms with Gasteiger partial charge in [0.15, 0.2) is 5.96 Å². The van der Waals surface area contributed by atoms with E-state index in [4.69, 9.17) is 0 Å². The summed E-state index contributed by atoms with van der Waals surface area (Å²) in [6.07, 6.45) is 6.10. The first-order valence-electron chi connectivity index (χ1n) is 8.50. The van der Waals surface area contributed by atoms with Crippen LogP contribution in [0.3, 0.4) is 0 Å². The number of hydrogen-bond acceptors (Lipinski definition) is 4. The van der Waals surface area contributed by atoms with Gasteiger partial charge in [-0.25, -0.2) is 13.1 Å². The molecule has 0 radical (unpaired) electrons. The maximum atomic E-state index is 12.0. The number of rotatable bonds is 11. The van der Waals surface area contributed by atoms with E-state index in [9.17, 15) is 8.42 Å². The summed E-state index contributed by atoms with van der Waals surface area (Å²) < 4.78 is 26.9. The molecule has 3 N–H and O–H groups in total. The summed E-state index contributed by atoms with van der Waals surface area (Å²) in [5.74, 6) is 0.702. The molecular formula is C16H31IN4O2S2. The Morgan fingerprint density at radius 2 is 2.04 bits per heavy atom. The van der Waals surface area contributed by atoms with Crippen molar-refractivity contribution in [1.29, 1.82) is 0 Å². The molecule has 0 saturated carbocycles. The lowest BCUT2D eigenvalue weighted by Crippen LogP contribution is -2.44. The van der Waals surface area contributed by atoms with Gasteiger partial charge in [0.1, 0.15) is 4.21 Å². The van der Waals surface area contributed by atoms with Crippen LogP contribution in [-0.4, -0.2) is 40.6 Å². The molecule has 0 spiro atoms. The average molecular weight is 502 g/mol. The van der Waals surface area contributed by atoms with Crippen molar-refractivity contribution in [2.45, 2.75) is 56.2 Å². The molecule has 25 heavy (non-hydrogen) atoms. The van der Waals surface area contributed by atoms with E-state index in [-0.39, 0.29) is 24.0 Å². The molecule has 0 fully saturated rings. The lowest BCUT2D eigenvalue weighted by Gasteiger charge is -2.18. The first-order valence-corrected chi connectivity index (χ1v) is 10.9. The number of halogens is 1. The van der Waals surface area contributed by atoms with Crippen LogP contribution in [0.5, 0.6) is 0 Å². The quantitative estimate of drug-likeness (QED) is 0.188. The Hall–Kier alpha value is -0.390. The highest BCUT2D eigenvalue weighted by Crippen LogP contribution is 2.14. The maximum absolute atomic E-state index is 12.0. The van der Waals surface area contributed by atoms with Crippen molar-refractivity contribution in [2.24, 2.45) is 4.99 Å². The summed E-state index contributed by atoms with van der Waals surface area (Å²) in [5.41, 5.74) is 0. The van der Waals surface area contributed by atoms with Crippen LogP contribution in [0.4, 0.5) is 0 Å². The summed E-state index contributed by atoms with van der Waals surface area (Å²) in [6.45, 7) is 5.14. The van der Waals surface area contributed by atoms with Gasteiger partial charge in [-0.1, -0.05) is 38.7 Å². The molecule has 1 atom stereocenters. The lowest BCUT2D eigenvalue weighted by molar-refractivity contribution is 0.536. The summed E-state index contributed by atoms with van der Waals surface area (Å²) in [4.78, 5) is 4.18. The minimum Gasteiger partial charge on any atom is -0.355 e. The molecule has 9 heteroatoms. The van der Waals surface area contributed by atoms with Crippen LogP contribution >= 0.6 is 35.3 Å². The molecule has 1 aromatic heterocycles. The molecule has 1 aromatic rings. The Labute approximate surface area is 173 Å². The molecule has 0 amide bonds. The van der Waals surface area contributed by atoms with Crippen LogP contribution in [-0.2, 0) is 10.0 Å². The van der Waals surface area contributed by atoms with Crippen molar-refractivity contribution in [3.05, 3.63) is 17.5 Å². The van der Waals surface area contributed by atoms with E-state index in [1.807, 2.05) is 0 Å². The smallest absolute Gasteiger partial charge is 0.250 e. The van der Waals surface area contributed by atoms with Crippen molar-refractivity contribution >= 4 is 51.3 Å². The Morgan fingerprint density at radius 3 is 2.64 bits per heavy atom. The molecular weight excluding hydrogens is 471 g/mol. The minimum absolute atomic E-state index is 0. The second-order valence-corrected chi connectivity index (χ2v) is 8.67. The fourth-order valence-corrected chi connectivity index (χ4v) is 4.30. The minimum atomic E-state index is -3.39. The van der Waals surface area contributed by atoms with Crippen molar-refractivity contribution in [3.63, 3.8) is 0 Å². The van der Waals surface area contributed by atoms with Crippen molar-refractivity contribution < 1.29 is 8.42 Å². The summed E-state index contributed by atoms with van der Waals surface area (Å²) in [6, 6.07) is 3.67. The van der Waals surface area contributed by atoms with Crippen molar-refractivity contribution in [3.8, 4) is 0 Å².